The highest BCUT2D eigenvalue weighted by Crippen LogP contribution is 2.32. The maximum atomic E-state index is 4.34. The van der Waals surface area contributed by atoms with Crippen molar-refractivity contribution in [3.63, 3.8) is 0 Å². The lowest BCUT2D eigenvalue weighted by atomic mass is 10.0. The smallest absolute Gasteiger partial charge is 0.148 e. The van der Waals surface area contributed by atoms with Gasteiger partial charge in [-0.25, -0.2) is 0 Å². The summed E-state index contributed by atoms with van der Waals surface area (Å²) in [6.07, 6.45) is 0. The van der Waals surface area contributed by atoms with Gasteiger partial charge in [-0.15, -0.1) is 10.2 Å². The summed E-state index contributed by atoms with van der Waals surface area (Å²) < 4.78 is 0. The lowest BCUT2D eigenvalue weighted by molar-refractivity contribution is 0.640. The first-order chi connectivity index (χ1) is 8.52. The van der Waals surface area contributed by atoms with Crippen LogP contribution in [0.5, 0.6) is 0 Å². The van der Waals surface area contributed by atoms with E-state index in [1.165, 1.54) is 22.3 Å². The minimum atomic E-state index is 0.252. The Bertz CT molecular complexity index is 537. The number of aromatic nitrogens is 2. The van der Waals surface area contributed by atoms with E-state index < -0.39 is 0 Å². The number of aryl methyl sites for hydroxylation is 3. The van der Waals surface area contributed by atoms with Crippen LogP contribution in [0.2, 0.25) is 0 Å². The lowest BCUT2D eigenvalue weighted by Crippen LogP contribution is -2.11. The van der Waals surface area contributed by atoms with Gasteiger partial charge in [-0.2, -0.15) is 0 Å². The first kappa shape index (κ1) is 13.2. The molecule has 0 amide bonds. The van der Waals surface area contributed by atoms with Crippen LogP contribution in [-0.4, -0.2) is 17.2 Å². The van der Waals surface area contributed by atoms with E-state index in [0.717, 1.165) is 10.0 Å². The van der Waals surface area contributed by atoms with E-state index in [4.69, 9.17) is 0 Å². The van der Waals surface area contributed by atoms with E-state index in [-0.39, 0.29) is 6.04 Å². The number of rotatable bonds is 3. The van der Waals surface area contributed by atoms with Crippen molar-refractivity contribution in [1.29, 1.82) is 0 Å². The van der Waals surface area contributed by atoms with Gasteiger partial charge in [0.15, 0.2) is 0 Å². The Hall–Kier alpha value is -1.26. The van der Waals surface area contributed by atoms with Crippen molar-refractivity contribution >= 4 is 11.3 Å². The topological polar surface area (TPSA) is 37.8 Å². The van der Waals surface area contributed by atoms with E-state index >= 15 is 0 Å². The highest BCUT2D eigenvalue weighted by atomic mass is 32.1. The highest BCUT2D eigenvalue weighted by molar-refractivity contribution is 7.14. The van der Waals surface area contributed by atoms with E-state index in [1.54, 1.807) is 11.3 Å². The number of hydrogen-bond donors (Lipinski definition) is 1. The second-order valence-electron chi connectivity index (χ2n) is 4.73. The molecule has 18 heavy (non-hydrogen) atoms. The predicted molar refractivity (Wildman–Crippen MR) is 77.0 cm³/mol. The van der Waals surface area contributed by atoms with Crippen molar-refractivity contribution in [3.8, 4) is 10.6 Å². The van der Waals surface area contributed by atoms with Crippen molar-refractivity contribution in [1.82, 2.24) is 15.5 Å². The fraction of sp³-hybridized carbons (Fsp3) is 0.429. The van der Waals surface area contributed by atoms with Crippen molar-refractivity contribution in [2.75, 3.05) is 7.05 Å². The van der Waals surface area contributed by atoms with Gasteiger partial charge in [0.2, 0.25) is 0 Å². The minimum Gasteiger partial charge on any atom is -0.311 e. The average Bonchev–Trinajstić information content (AvgIpc) is 2.76. The first-order valence-corrected chi connectivity index (χ1v) is 6.93. The number of benzene rings is 1. The zero-order valence-electron chi connectivity index (χ0n) is 11.5. The molecule has 1 aromatic heterocycles. The Morgan fingerprint density at radius 3 is 2.28 bits per heavy atom. The summed E-state index contributed by atoms with van der Waals surface area (Å²) in [7, 11) is 1.94. The molecule has 0 aliphatic carbocycles. The molecule has 0 bridgehead atoms. The normalized spacial score (nSPS) is 12.7. The third-order valence-corrected chi connectivity index (χ3v) is 4.26. The molecule has 0 spiro atoms. The van der Waals surface area contributed by atoms with Gasteiger partial charge < -0.3 is 5.32 Å². The highest BCUT2D eigenvalue weighted by Gasteiger charge is 2.14. The summed E-state index contributed by atoms with van der Waals surface area (Å²) in [5.41, 5.74) is 5.06. The molecule has 1 unspecified atom stereocenters. The summed E-state index contributed by atoms with van der Waals surface area (Å²) in [5, 5.41) is 13.9. The molecular weight excluding hydrogens is 242 g/mol. The first-order valence-electron chi connectivity index (χ1n) is 6.11. The Labute approximate surface area is 112 Å². The molecule has 0 aliphatic heterocycles. The SMILES string of the molecule is CNC(C)c1nnc(-c2c(C)cc(C)cc2C)s1. The molecule has 0 radical (unpaired) electrons. The molecule has 2 aromatic rings. The lowest BCUT2D eigenvalue weighted by Gasteiger charge is -2.08. The Morgan fingerprint density at radius 1 is 1.11 bits per heavy atom. The molecule has 0 saturated carbocycles. The monoisotopic (exact) mass is 261 g/mol. The molecule has 1 aromatic carbocycles. The molecule has 4 heteroatoms. The van der Waals surface area contributed by atoms with Crippen LogP contribution in [-0.2, 0) is 0 Å². The molecular formula is C14H19N3S. The standard InChI is InChI=1S/C14H19N3S/c1-8-6-9(2)12(10(3)7-8)14-17-16-13(18-14)11(4)15-5/h6-7,11,15H,1-5H3. The van der Waals surface area contributed by atoms with Crippen LogP contribution in [0.3, 0.4) is 0 Å². The van der Waals surface area contributed by atoms with Gasteiger partial charge in [-0.05, 0) is 45.9 Å². The van der Waals surface area contributed by atoms with Gasteiger partial charge in [-0.1, -0.05) is 29.0 Å². The van der Waals surface area contributed by atoms with Crippen molar-refractivity contribution in [2.45, 2.75) is 33.7 Å². The molecule has 3 nitrogen and oxygen atoms in total. The molecule has 0 aliphatic rings. The van der Waals surface area contributed by atoms with Crippen LogP contribution in [0.15, 0.2) is 12.1 Å². The average molecular weight is 261 g/mol. The number of hydrogen-bond acceptors (Lipinski definition) is 4. The Morgan fingerprint density at radius 2 is 1.72 bits per heavy atom. The quantitative estimate of drug-likeness (QED) is 0.920. The fourth-order valence-electron chi connectivity index (χ4n) is 2.15. The molecule has 2 rings (SSSR count). The fourth-order valence-corrected chi connectivity index (χ4v) is 3.23. The van der Waals surface area contributed by atoms with Crippen molar-refractivity contribution in [3.05, 3.63) is 33.8 Å². The van der Waals surface area contributed by atoms with Crippen LogP contribution in [0.1, 0.15) is 34.7 Å². The van der Waals surface area contributed by atoms with Gasteiger partial charge in [0.05, 0.1) is 6.04 Å². The Balaban J connectivity index is 2.46. The van der Waals surface area contributed by atoms with E-state index in [9.17, 15) is 0 Å². The molecule has 1 heterocycles. The van der Waals surface area contributed by atoms with Crippen LogP contribution in [0, 0.1) is 20.8 Å². The minimum absolute atomic E-state index is 0.252. The zero-order chi connectivity index (χ0) is 13.3. The number of nitrogens with one attached hydrogen (secondary N) is 1. The largest absolute Gasteiger partial charge is 0.311 e. The van der Waals surface area contributed by atoms with Crippen LogP contribution in [0.25, 0.3) is 10.6 Å². The van der Waals surface area contributed by atoms with Crippen molar-refractivity contribution < 1.29 is 0 Å². The summed E-state index contributed by atoms with van der Waals surface area (Å²) in [5.74, 6) is 0. The van der Waals surface area contributed by atoms with E-state index in [0.29, 0.717) is 0 Å². The van der Waals surface area contributed by atoms with Crippen LogP contribution in [0.4, 0.5) is 0 Å². The maximum Gasteiger partial charge on any atom is 0.148 e. The Kier molecular flexibility index (Phi) is 3.78. The summed E-state index contributed by atoms with van der Waals surface area (Å²) >= 11 is 1.67. The van der Waals surface area contributed by atoms with E-state index in [2.05, 4.69) is 55.3 Å². The van der Waals surface area contributed by atoms with Gasteiger partial charge in [0.25, 0.3) is 0 Å². The van der Waals surface area contributed by atoms with Gasteiger partial charge in [0, 0.05) is 5.56 Å². The molecule has 1 atom stereocenters. The molecule has 0 fully saturated rings. The summed E-state index contributed by atoms with van der Waals surface area (Å²) in [6.45, 7) is 8.49. The second kappa shape index (κ2) is 5.16. The summed E-state index contributed by atoms with van der Waals surface area (Å²) in [4.78, 5) is 0. The van der Waals surface area contributed by atoms with Crippen LogP contribution < -0.4 is 5.32 Å². The third-order valence-electron chi connectivity index (χ3n) is 3.13. The molecule has 0 saturated heterocycles. The molecule has 96 valence electrons. The molecule has 1 N–H and O–H groups in total. The predicted octanol–water partition coefficient (Wildman–Crippen LogP) is 3.41. The van der Waals surface area contributed by atoms with Gasteiger partial charge in [-0.3, -0.25) is 0 Å². The number of nitrogens with zero attached hydrogens (tertiary/aromatic N) is 2. The van der Waals surface area contributed by atoms with Gasteiger partial charge in [0.1, 0.15) is 10.0 Å². The zero-order valence-corrected chi connectivity index (χ0v) is 12.4. The maximum absolute atomic E-state index is 4.34. The summed E-state index contributed by atoms with van der Waals surface area (Å²) in [6, 6.07) is 4.65. The van der Waals surface area contributed by atoms with Crippen LogP contribution >= 0.6 is 11.3 Å². The van der Waals surface area contributed by atoms with Gasteiger partial charge >= 0.3 is 0 Å². The van der Waals surface area contributed by atoms with Crippen molar-refractivity contribution in [2.24, 2.45) is 0 Å². The third kappa shape index (κ3) is 2.44. The van der Waals surface area contributed by atoms with E-state index in [1.807, 2.05) is 7.05 Å². The second-order valence-corrected chi connectivity index (χ2v) is 5.74.